The number of Topliss-reactive ketones (excluding diaryl/α,β-unsaturated/α-hetero) is 1. The molecule has 0 N–H and O–H groups in total. The highest BCUT2D eigenvalue weighted by atomic mass is 28.4. The van der Waals surface area contributed by atoms with Gasteiger partial charge in [-0.15, -0.1) is 0 Å². The molecule has 0 aliphatic heterocycles. The quantitative estimate of drug-likeness (QED) is 0.738. The molecule has 2 nitrogen and oxygen atoms in total. The number of carbonyl (C=O) groups is 1. The highest BCUT2D eigenvalue weighted by molar-refractivity contribution is 6.69. The van der Waals surface area contributed by atoms with Crippen LogP contribution in [0.1, 0.15) is 31.2 Å². The fourth-order valence-electron chi connectivity index (χ4n) is 2.79. The Bertz CT molecular complexity index is 488. The molecule has 0 bridgehead atoms. The Morgan fingerprint density at radius 3 is 2.52 bits per heavy atom. The van der Waals surface area contributed by atoms with E-state index in [2.05, 4.69) is 43.9 Å². The zero-order valence-corrected chi connectivity index (χ0v) is 14.3. The minimum atomic E-state index is -1.68. The lowest BCUT2D eigenvalue weighted by atomic mass is 9.84. The summed E-state index contributed by atoms with van der Waals surface area (Å²) in [5.74, 6) is 0.424. The maximum atomic E-state index is 12.2. The molecule has 1 aromatic rings. The number of hydrogen-bond donors (Lipinski definition) is 0. The average Bonchev–Trinajstić information content (AvgIpc) is 2.44. The van der Waals surface area contributed by atoms with Gasteiger partial charge in [0.2, 0.25) is 0 Å². The topological polar surface area (TPSA) is 26.3 Å². The third kappa shape index (κ3) is 5.25. The lowest BCUT2D eigenvalue weighted by Crippen LogP contribution is -2.39. The van der Waals surface area contributed by atoms with Crippen molar-refractivity contribution in [2.75, 3.05) is 0 Å². The Balaban J connectivity index is 2.15. The highest BCUT2D eigenvalue weighted by Crippen LogP contribution is 2.28. The molecule has 1 aliphatic rings. The zero-order chi connectivity index (χ0) is 15.3. The highest BCUT2D eigenvalue weighted by Gasteiger charge is 2.32. The van der Waals surface area contributed by atoms with E-state index < -0.39 is 8.32 Å². The molecule has 2 unspecified atom stereocenters. The second-order valence-electron chi connectivity index (χ2n) is 6.78. The summed E-state index contributed by atoms with van der Waals surface area (Å²) in [6, 6.07) is 10.2. The molecule has 3 heteroatoms. The van der Waals surface area contributed by atoms with Crippen molar-refractivity contribution in [3.8, 4) is 0 Å². The van der Waals surface area contributed by atoms with E-state index in [1.54, 1.807) is 0 Å². The van der Waals surface area contributed by atoms with Gasteiger partial charge in [0.1, 0.15) is 5.78 Å². The molecule has 1 saturated carbocycles. The number of hydrogen-bond acceptors (Lipinski definition) is 2. The van der Waals surface area contributed by atoms with Crippen molar-refractivity contribution >= 4 is 20.2 Å². The zero-order valence-electron chi connectivity index (χ0n) is 13.3. The monoisotopic (exact) mass is 302 g/mol. The van der Waals surface area contributed by atoms with Crippen LogP contribution in [-0.4, -0.2) is 20.2 Å². The van der Waals surface area contributed by atoms with Crippen LogP contribution in [0.5, 0.6) is 0 Å². The van der Waals surface area contributed by atoms with Gasteiger partial charge in [-0.25, -0.2) is 0 Å². The maximum absolute atomic E-state index is 12.2. The molecule has 0 amide bonds. The second-order valence-corrected chi connectivity index (χ2v) is 11.2. The largest absolute Gasteiger partial charge is 0.411 e. The fraction of sp³-hybridized carbons (Fsp3) is 0.500. The second kappa shape index (κ2) is 7.19. The van der Waals surface area contributed by atoms with Gasteiger partial charge in [-0.2, -0.15) is 0 Å². The van der Waals surface area contributed by atoms with Crippen molar-refractivity contribution in [3.63, 3.8) is 0 Å². The van der Waals surface area contributed by atoms with E-state index in [9.17, 15) is 4.79 Å². The minimum Gasteiger partial charge on any atom is -0.411 e. The van der Waals surface area contributed by atoms with E-state index in [-0.39, 0.29) is 12.0 Å². The molecule has 2 atom stereocenters. The van der Waals surface area contributed by atoms with Crippen LogP contribution in [0.25, 0.3) is 6.08 Å². The van der Waals surface area contributed by atoms with E-state index in [0.717, 1.165) is 31.2 Å². The fourth-order valence-corrected chi connectivity index (χ4v) is 3.85. The SMILES string of the molecule is C[Si](C)(C)OC(/C=C/c1ccccc1)C1CCCCC1=O. The van der Waals surface area contributed by atoms with Crippen LogP contribution in [0.15, 0.2) is 36.4 Å². The van der Waals surface area contributed by atoms with Crippen molar-refractivity contribution in [2.24, 2.45) is 5.92 Å². The smallest absolute Gasteiger partial charge is 0.184 e. The predicted octanol–water partition coefficient (Wildman–Crippen LogP) is 4.68. The van der Waals surface area contributed by atoms with Crippen molar-refractivity contribution in [1.82, 2.24) is 0 Å². The molecule has 21 heavy (non-hydrogen) atoms. The van der Waals surface area contributed by atoms with Gasteiger partial charge in [0.25, 0.3) is 0 Å². The van der Waals surface area contributed by atoms with E-state index in [4.69, 9.17) is 4.43 Å². The molecular weight excluding hydrogens is 276 g/mol. The molecular formula is C18H26O2Si. The van der Waals surface area contributed by atoms with Crippen LogP contribution >= 0.6 is 0 Å². The van der Waals surface area contributed by atoms with Gasteiger partial charge in [-0.1, -0.05) is 48.9 Å². The van der Waals surface area contributed by atoms with Crippen LogP contribution < -0.4 is 0 Å². The van der Waals surface area contributed by atoms with Gasteiger partial charge in [0, 0.05) is 12.3 Å². The summed E-state index contributed by atoms with van der Waals surface area (Å²) in [6.45, 7) is 6.55. The van der Waals surface area contributed by atoms with E-state index in [1.807, 2.05) is 18.2 Å². The number of ketones is 1. The number of rotatable bonds is 5. The Morgan fingerprint density at radius 2 is 1.90 bits per heavy atom. The summed E-state index contributed by atoms with van der Waals surface area (Å²) in [7, 11) is -1.68. The number of carbonyl (C=O) groups excluding carboxylic acids is 1. The van der Waals surface area contributed by atoms with Crippen molar-refractivity contribution < 1.29 is 9.22 Å². The molecule has 0 spiro atoms. The molecule has 2 rings (SSSR count). The first-order valence-corrected chi connectivity index (χ1v) is 11.3. The van der Waals surface area contributed by atoms with Crippen LogP contribution in [0.2, 0.25) is 19.6 Å². The minimum absolute atomic E-state index is 0.0467. The maximum Gasteiger partial charge on any atom is 0.184 e. The van der Waals surface area contributed by atoms with Gasteiger partial charge < -0.3 is 4.43 Å². The Kier molecular flexibility index (Phi) is 5.54. The lowest BCUT2D eigenvalue weighted by molar-refractivity contribution is -0.126. The van der Waals surface area contributed by atoms with E-state index in [1.165, 1.54) is 0 Å². The third-order valence-corrected chi connectivity index (χ3v) is 4.75. The van der Waals surface area contributed by atoms with Gasteiger partial charge in [-0.05, 0) is 38.0 Å². The van der Waals surface area contributed by atoms with Gasteiger partial charge >= 0.3 is 0 Å². The van der Waals surface area contributed by atoms with Crippen LogP contribution in [0, 0.1) is 5.92 Å². The van der Waals surface area contributed by atoms with Crippen LogP contribution in [0.4, 0.5) is 0 Å². The molecule has 1 fully saturated rings. The van der Waals surface area contributed by atoms with Gasteiger partial charge in [0.15, 0.2) is 8.32 Å². The molecule has 0 heterocycles. The number of benzene rings is 1. The molecule has 1 aromatic carbocycles. The Hall–Kier alpha value is -1.19. The third-order valence-electron chi connectivity index (χ3n) is 3.77. The summed E-state index contributed by atoms with van der Waals surface area (Å²) in [5, 5.41) is 0. The first-order chi connectivity index (χ1) is 9.96. The first kappa shape index (κ1) is 16.2. The van der Waals surface area contributed by atoms with E-state index in [0.29, 0.717) is 5.78 Å². The first-order valence-electron chi connectivity index (χ1n) is 7.89. The Morgan fingerprint density at radius 1 is 1.19 bits per heavy atom. The standard InChI is InChI=1S/C18H26O2Si/c1-21(2,3)20-18(16-11-7-8-12-17(16)19)14-13-15-9-5-4-6-10-15/h4-6,9-10,13-14,16,18H,7-8,11-12H2,1-3H3/b14-13+. The molecule has 0 saturated heterocycles. The van der Waals surface area contributed by atoms with Crippen LogP contribution in [0.3, 0.4) is 0 Å². The normalized spacial score (nSPS) is 21.7. The summed E-state index contributed by atoms with van der Waals surface area (Å²) < 4.78 is 6.30. The van der Waals surface area contributed by atoms with Gasteiger partial charge in [-0.3, -0.25) is 4.79 Å². The van der Waals surface area contributed by atoms with Crippen molar-refractivity contribution in [1.29, 1.82) is 0 Å². The molecule has 1 aliphatic carbocycles. The van der Waals surface area contributed by atoms with Crippen LogP contribution in [-0.2, 0) is 9.22 Å². The summed E-state index contributed by atoms with van der Waals surface area (Å²) >= 11 is 0. The summed E-state index contributed by atoms with van der Waals surface area (Å²) in [5.41, 5.74) is 1.16. The average molecular weight is 302 g/mol. The Labute approximate surface area is 129 Å². The van der Waals surface area contributed by atoms with E-state index >= 15 is 0 Å². The lowest BCUT2D eigenvalue weighted by Gasteiger charge is -2.32. The van der Waals surface area contributed by atoms with Crippen molar-refractivity contribution in [2.45, 2.75) is 51.4 Å². The summed E-state index contributed by atoms with van der Waals surface area (Å²) in [4.78, 5) is 12.2. The molecule has 114 valence electrons. The summed E-state index contributed by atoms with van der Waals surface area (Å²) in [6.07, 6.45) is 7.99. The van der Waals surface area contributed by atoms with Gasteiger partial charge in [0.05, 0.1) is 6.10 Å². The molecule has 0 radical (unpaired) electrons. The predicted molar refractivity (Wildman–Crippen MR) is 90.7 cm³/mol. The van der Waals surface area contributed by atoms with Crippen molar-refractivity contribution in [3.05, 3.63) is 42.0 Å². The molecule has 0 aromatic heterocycles.